The molecule has 1 unspecified atom stereocenters. The van der Waals surface area contributed by atoms with Crippen LogP contribution in [0, 0.1) is 17.1 Å². The van der Waals surface area contributed by atoms with E-state index in [1.165, 1.54) is 12.1 Å². The van der Waals surface area contributed by atoms with Crippen molar-refractivity contribution in [1.29, 1.82) is 5.26 Å². The number of nitrogens with zero attached hydrogens (tertiary/aromatic N) is 5. The van der Waals surface area contributed by atoms with Gasteiger partial charge in [0.2, 0.25) is 5.95 Å². The number of alkyl carbamates (subject to hydrolysis) is 1. The average molecular weight is 535 g/mol. The van der Waals surface area contributed by atoms with Gasteiger partial charge in [0.15, 0.2) is 5.65 Å². The minimum absolute atomic E-state index is 0.0293. The number of rotatable bonds is 7. The maximum Gasteiger partial charge on any atom is 0.408 e. The van der Waals surface area contributed by atoms with Crippen molar-refractivity contribution in [2.45, 2.75) is 52.3 Å². The van der Waals surface area contributed by atoms with E-state index in [-0.39, 0.29) is 18.1 Å². The maximum absolute atomic E-state index is 14.7. The van der Waals surface area contributed by atoms with Gasteiger partial charge in [0, 0.05) is 43.5 Å². The summed E-state index contributed by atoms with van der Waals surface area (Å²) in [5.74, 6) is 0.735. The Morgan fingerprint density at radius 2 is 2.21 bits per heavy atom. The number of ether oxygens (including phenoxy) is 2. The lowest BCUT2D eigenvalue weighted by molar-refractivity contribution is 0.0507. The van der Waals surface area contributed by atoms with Crippen LogP contribution in [0.3, 0.4) is 0 Å². The maximum atomic E-state index is 14.7. The molecule has 4 N–H and O–H groups in total. The Bertz CT molecular complexity index is 1510. The number of aromatic nitrogens is 3. The first kappa shape index (κ1) is 27.4. The fraction of sp³-hybridized carbons (Fsp3) is 0.370. The lowest BCUT2D eigenvalue weighted by Gasteiger charge is -2.21. The quantitative estimate of drug-likeness (QED) is 0.306. The van der Waals surface area contributed by atoms with E-state index in [1.807, 2.05) is 6.07 Å². The van der Waals surface area contributed by atoms with E-state index in [4.69, 9.17) is 25.5 Å². The molecule has 1 amide bonds. The number of nitrogens with one attached hydrogen (secondary N) is 2. The molecule has 0 spiro atoms. The zero-order chi connectivity index (χ0) is 28.3. The summed E-state index contributed by atoms with van der Waals surface area (Å²) in [6, 6.07) is 4.39. The van der Waals surface area contributed by atoms with Crippen molar-refractivity contribution in [2.24, 2.45) is 10.7 Å². The molecule has 3 heterocycles. The second-order valence-corrected chi connectivity index (χ2v) is 10.00. The zero-order valence-corrected chi connectivity index (χ0v) is 22.5. The van der Waals surface area contributed by atoms with Gasteiger partial charge in [-0.2, -0.15) is 5.26 Å². The number of carbonyl (C=O) groups excluding carboxylic acids is 1. The number of halogens is 1. The van der Waals surface area contributed by atoms with Crippen molar-refractivity contribution in [3.8, 4) is 11.8 Å². The number of hydrogen-bond acceptors (Lipinski definition) is 9. The third-order valence-corrected chi connectivity index (χ3v) is 5.99. The number of allylic oxidation sites excluding steroid dienone is 2. The first-order valence-electron chi connectivity index (χ1n) is 12.4. The number of nitrogens with two attached hydrogens (primary N) is 1. The van der Waals surface area contributed by atoms with Crippen LogP contribution in [-0.4, -0.2) is 45.4 Å². The summed E-state index contributed by atoms with van der Waals surface area (Å²) in [4.78, 5) is 25.9. The number of anilines is 1. The van der Waals surface area contributed by atoms with Crippen molar-refractivity contribution < 1.29 is 18.7 Å². The Labute approximate surface area is 225 Å². The molecule has 1 atom stereocenters. The fourth-order valence-corrected chi connectivity index (χ4v) is 4.19. The van der Waals surface area contributed by atoms with Crippen LogP contribution >= 0.6 is 0 Å². The fourth-order valence-electron chi connectivity index (χ4n) is 4.19. The van der Waals surface area contributed by atoms with Gasteiger partial charge in [-0.3, -0.25) is 9.39 Å². The molecule has 39 heavy (non-hydrogen) atoms. The number of carbonyl (C=O) groups is 1. The molecule has 0 saturated heterocycles. The molecule has 0 fully saturated rings. The predicted octanol–water partition coefficient (Wildman–Crippen LogP) is 3.79. The van der Waals surface area contributed by atoms with Gasteiger partial charge in [0.25, 0.3) is 0 Å². The van der Waals surface area contributed by atoms with Crippen molar-refractivity contribution in [2.75, 3.05) is 19.0 Å². The summed E-state index contributed by atoms with van der Waals surface area (Å²) in [7, 11) is 1.57. The summed E-state index contributed by atoms with van der Waals surface area (Å²) in [6.07, 6.45) is 4.75. The second-order valence-electron chi connectivity index (χ2n) is 10.00. The van der Waals surface area contributed by atoms with Crippen molar-refractivity contribution in [3.05, 3.63) is 64.5 Å². The zero-order valence-electron chi connectivity index (χ0n) is 22.5. The van der Waals surface area contributed by atoms with Crippen LogP contribution in [0.25, 0.3) is 5.65 Å². The Balaban J connectivity index is 1.73. The van der Waals surface area contributed by atoms with E-state index < -0.39 is 17.7 Å². The molecule has 204 valence electrons. The molecule has 11 nitrogen and oxygen atoms in total. The van der Waals surface area contributed by atoms with E-state index >= 15 is 0 Å². The number of aliphatic imine (C=N–C) groups is 1. The lowest BCUT2D eigenvalue weighted by atomic mass is 10.0. The van der Waals surface area contributed by atoms with E-state index in [0.717, 1.165) is 5.56 Å². The monoisotopic (exact) mass is 534 g/mol. The van der Waals surface area contributed by atoms with E-state index in [2.05, 4.69) is 20.6 Å². The summed E-state index contributed by atoms with van der Waals surface area (Å²) < 4.78 is 27.4. The molecule has 2 aromatic heterocycles. The third kappa shape index (κ3) is 6.09. The van der Waals surface area contributed by atoms with Crippen LogP contribution in [-0.2, 0) is 17.7 Å². The van der Waals surface area contributed by atoms with Crippen LogP contribution < -0.4 is 21.1 Å². The Morgan fingerprint density at radius 1 is 1.44 bits per heavy atom. The second kappa shape index (κ2) is 11.0. The SMILES string of the molecule is CN=C(C=C(N)C#N)c1cnc(NCc2c(F)ccc3c2CCO3)n2cc(C(C)NC(=O)OC(C)(C)C)nc12. The summed E-state index contributed by atoms with van der Waals surface area (Å²) in [5, 5.41) is 15.1. The standard InChI is InChI=1S/C27H31FN8O3/c1-15(34-26(37)39-27(2,3)4)22-14-36-24(35-22)19(21(31-5)10-16(30)11-29)13-33-25(36)32-12-18-17-8-9-38-23(17)7-6-20(18)28/h6-7,10,13-15H,8-9,12,30H2,1-5H3,(H,32,33)(H,34,37). The van der Waals surface area contributed by atoms with Crippen LogP contribution in [0.15, 0.2) is 41.3 Å². The minimum Gasteiger partial charge on any atom is -0.493 e. The molecule has 0 bridgehead atoms. The van der Waals surface area contributed by atoms with Crippen LogP contribution in [0.2, 0.25) is 0 Å². The summed E-state index contributed by atoms with van der Waals surface area (Å²) in [5.41, 5.74) is 8.26. The van der Waals surface area contributed by atoms with Crippen molar-refractivity contribution >= 4 is 23.4 Å². The highest BCUT2D eigenvalue weighted by atomic mass is 19.1. The van der Waals surface area contributed by atoms with Gasteiger partial charge < -0.3 is 25.8 Å². The van der Waals surface area contributed by atoms with E-state index in [9.17, 15) is 9.18 Å². The Hall–Kier alpha value is -4.66. The van der Waals surface area contributed by atoms with Crippen molar-refractivity contribution in [3.63, 3.8) is 0 Å². The third-order valence-electron chi connectivity index (χ3n) is 5.99. The number of amides is 1. The molecule has 12 heteroatoms. The predicted molar refractivity (Wildman–Crippen MR) is 144 cm³/mol. The first-order valence-corrected chi connectivity index (χ1v) is 12.4. The van der Waals surface area contributed by atoms with Gasteiger partial charge in [0.05, 0.1) is 29.6 Å². The van der Waals surface area contributed by atoms with E-state index in [0.29, 0.717) is 52.9 Å². The first-order chi connectivity index (χ1) is 18.5. The molecule has 1 aromatic carbocycles. The molecule has 4 rings (SSSR count). The van der Waals surface area contributed by atoms with Gasteiger partial charge in [-0.25, -0.2) is 19.2 Å². The van der Waals surface area contributed by atoms with Crippen LogP contribution in [0.1, 0.15) is 56.1 Å². The van der Waals surface area contributed by atoms with Gasteiger partial charge in [-0.1, -0.05) is 0 Å². The van der Waals surface area contributed by atoms with Gasteiger partial charge in [0.1, 0.15) is 28.9 Å². The molecule has 1 aliphatic rings. The highest BCUT2D eigenvalue weighted by Crippen LogP contribution is 2.31. The van der Waals surface area contributed by atoms with Crippen LogP contribution in [0.5, 0.6) is 5.75 Å². The summed E-state index contributed by atoms with van der Waals surface area (Å²) in [6.45, 7) is 7.78. The normalized spacial score (nSPS) is 14.4. The number of nitriles is 1. The Kier molecular flexibility index (Phi) is 7.71. The molecule has 0 aliphatic carbocycles. The number of imidazole rings is 1. The topological polar surface area (TPSA) is 152 Å². The molecule has 0 radical (unpaired) electrons. The highest BCUT2D eigenvalue weighted by molar-refractivity contribution is 6.12. The largest absolute Gasteiger partial charge is 0.493 e. The number of hydrogen-bond donors (Lipinski definition) is 3. The smallest absolute Gasteiger partial charge is 0.408 e. The highest BCUT2D eigenvalue weighted by Gasteiger charge is 2.23. The number of benzene rings is 1. The molecule has 3 aromatic rings. The summed E-state index contributed by atoms with van der Waals surface area (Å²) >= 11 is 0. The molecular formula is C27H31FN8O3. The minimum atomic E-state index is -0.658. The molecule has 0 saturated carbocycles. The van der Waals surface area contributed by atoms with Crippen molar-refractivity contribution in [1.82, 2.24) is 19.7 Å². The number of fused-ring (bicyclic) bond motifs is 2. The van der Waals surface area contributed by atoms with Gasteiger partial charge >= 0.3 is 6.09 Å². The van der Waals surface area contributed by atoms with Crippen LogP contribution in [0.4, 0.5) is 15.1 Å². The van der Waals surface area contributed by atoms with Gasteiger partial charge in [-0.05, 0) is 45.9 Å². The van der Waals surface area contributed by atoms with E-state index in [1.54, 1.807) is 57.6 Å². The Morgan fingerprint density at radius 3 is 2.90 bits per heavy atom. The van der Waals surface area contributed by atoms with Gasteiger partial charge in [-0.15, -0.1) is 0 Å². The lowest BCUT2D eigenvalue weighted by Crippen LogP contribution is -2.34. The molecule has 1 aliphatic heterocycles. The average Bonchev–Trinajstić information content (AvgIpc) is 3.53. The molecular weight excluding hydrogens is 503 g/mol.